The van der Waals surface area contributed by atoms with Crippen molar-refractivity contribution in [2.75, 3.05) is 11.1 Å². The van der Waals surface area contributed by atoms with Crippen molar-refractivity contribution < 1.29 is 14.0 Å². The molecule has 6 nitrogen and oxygen atoms in total. The van der Waals surface area contributed by atoms with E-state index in [1.807, 2.05) is 6.07 Å². The number of amides is 2. The standard InChI is InChI=1S/C19H15FN4O2/c1-9-7-23-18(25)6-12(9)10-2-11-4-17(22-8-14(11)16(21)3-10)24-19(26)13-5-15(13)20/h2-4,6-8,13,15H,1,5,21H2,(H,22,24,26)/t13-,15+/m1/s1. The highest BCUT2D eigenvalue weighted by molar-refractivity contribution is 6.16. The fourth-order valence-electron chi connectivity index (χ4n) is 2.90. The fraction of sp³-hybridized carbons (Fsp3) is 0.158. The minimum atomic E-state index is -1.07. The maximum Gasteiger partial charge on any atom is 0.270 e. The van der Waals surface area contributed by atoms with Crippen molar-refractivity contribution in [3.63, 3.8) is 0 Å². The monoisotopic (exact) mass is 350 g/mol. The number of fused-ring (bicyclic) bond motifs is 1. The zero-order valence-corrected chi connectivity index (χ0v) is 13.7. The summed E-state index contributed by atoms with van der Waals surface area (Å²) in [7, 11) is 0. The van der Waals surface area contributed by atoms with E-state index in [4.69, 9.17) is 5.73 Å². The number of allylic oxidation sites excluding steroid dienone is 2. The molecular formula is C19H15FN4O2. The average Bonchev–Trinajstić information content (AvgIpc) is 3.33. The summed E-state index contributed by atoms with van der Waals surface area (Å²) in [6.07, 6.45) is 3.56. The van der Waals surface area contributed by atoms with Gasteiger partial charge in [-0.2, -0.15) is 0 Å². The van der Waals surface area contributed by atoms with Crippen LogP contribution in [0.1, 0.15) is 12.0 Å². The third-order valence-corrected chi connectivity index (χ3v) is 4.44. The van der Waals surface area contributed by atoms with Gasteiger partial charge in [0.2, 0.25) is 5.91 Å². The Bertz CT molecular complexity index is 1040. The SMILES string of the molecule is C=C1C=NC(=O)C=C1c1cc(N)c2cnc(NC(=O)[C@@H]3C[C@@H]3F)cc2c1. The van der Waals surface area contributed by atoms with Crippen molar-refractivity contribution in [2.45, 2.75) is 12.6 Å². The smallest absolute Gasteiger partial charge is 0.270 e. The van der Waals surface area contributed by atoms with Gasteiger partial charge in [-0.1, -0.05) is 6.58 Å². The van der Waals surface area contributed by atoms with Crippen LogP contribution >= 0.6 is 0 Å². The van der Waals surface area contributed by atoms with Crippen LogP contribution in [-0.4, -0.2) is 29.2 Å². The van der Waals surface area contributed by atoms with Crippen LogP contribution in [0.4, 0.5) is 15.9 Å². The Balaban J connectivity index is 1.71. The van der Waals surface area contributed by atoms with E-state index in [0.29, 0.717) is 33.6 Å². The molecule has 1 saturated carbocycles. The molecule has 26 heavy (non-hydrogen) atoms. The fourth-order valence-corrected chi connectivity index (χ4v) is 2.90. The van der Waals surface area contributed by atoms with Crippen molar-refractivity contribution in [3.8, 4) is 0 Å². The number of aromatic nitrogens is 1. The van der Waals surface area contributed by atoms with Crippen LogP contribution in [-0.2, 0) is 9.59 Å². The number of hydrogen-bond donors (Lipinski definition) is 2. The number of benzene rings is 1. The third-order valence-electron chi connectivity index (χ3n) is 4.44. The van der Waals surface area contributed by atoms with Gasteiger partial charge in [-0.3, -0.25) is 9.59 Å². The second-order valence-corrected chi connectivity index (χ2v) is 6.38. The summed E-state index contributed by atoms with van der Waals surface area (Å²) in [4.78, 5) is 31.3. The Labute approximate surface area is 148 Å². The predicted octanol–water partition coefficient (Wildman–Crippen LogP) is 2.66. The topological polar surface area (TPSA) is 97.4 Å². The first-order chi connectivity index (χ1) is 12.4. The van der Waals surface area contributed by atoms with Gasteiger partial charge in [0.15, 0.2) is 0 Å². The van der Waals surface area contributed by atoms with Gasteiger partial charge in [-0.25, -0.2) is 14.4 Å². The molecule has 4 rings (SSSR count). The quantitative estimate of drug-likeness (QED) is 0.832. The maximum absolute atomic E-state index is 13.0. The number of carbonyl (C=O) groups is 2. The van der Waals surface area contributed by atoms with E-state index < -0.39 is 12.1 Å². The number of rotatable bonds is 3. The number of nitrogens with one attached hydrogen (secondary N) is 1. The highest BCUT2D eigenvalue weighted by Crippen LogP contribution is 2.35. The van der Waals surface area contributed by atoms with Gasteiger partial charge in [0.1, 0.15) is 12.0 Å². The largest absolute Gasteiger partial charge is 0.398 e. The summed E-state index contributed by atoms with van der Waals surface area (Å²) in [5.74, 6) is -1.00. The first-order valence-corrected chi connectivity index (χ1v) is 8.06. The Morgan fingerprint density at radius 2 is 2.12 bits per heavy atom. The molecule has 0 bridgehead atoms. The first-order valence-electron chi connectivity index (χ1n) is 8.06. The lowest BCUT2D eigenvalue weighted by atomic mass is 9.95. The number of alkyl halides is 1. The Morgan fingerprint density at radius 1 is 1.35 bits per heavy atom. The van der Waals surface area contributed by atoms with E-state index in [1.165, 1.54) is 12.3 Å². The van der Waals surface area contributed by atoms with Gasteiger partial charge in [0.05, 0.1) is 5.92 Å². The highest BCUT2D eigenvalue weighted by Gasteiger charge is 2.43. The van der Waals surface area contributed by atoms with Crippen molar-refractivity contribution in [2.24, 2.45) is 10.9 Å². The molecule has 7 heteroatoms. The molecule has 0 radical (unpaired) electrons. The molecule has 3 N–H and O–H groups in total. The molecule has 1 aliphatic carbocycles. The second kappa shape index (κ2) is 5.87. The minimum absolute atomic E-state index is 0.252. The zero-order valence-electron chi connectivity index (χ0n) is 13.7. The maximum atomic E-state index is 13.0. The van der Waals surface area contributed by atoms with Gasteiger partial charge < -0.3 is 11.1 Å². The third kappa shape index (κ3) is 2.88. The van der Waals surface area contributed by atoms with Crippen LogP contribution < -0.4 is 11.1 Å². The zero-order chi connectivity index (χ0) is 18.4. The number of nitrogens with zero attached hydrogens (tertiary/aromatic N) is 2. The highest BCUT2D eigenvalue weighted by atomic mass is 19.1. The molecule has 2 aromatic rings. The molecule has 1 fully saturated rings. The van der Waals surface area contributed by atoms with Crippen LogP contribution in [0.2, 0.25) is 0 Å². The summed E-state index contributed by atoms with van der Waals surface area (Å²) in [5.41, 5.74) is 8.56. The Kier molecular flexibility index (Phi) is 3.64. The normalized spacial score (nSPS) is 21.7. The molecule has 0 spiro atoms. The van der Waals surface area contributed by atoms with Crippen molar-refractivity contribution in [1.82, 2.24) is 4.98 Å². The number of dihydropyridines is 1. The molecule has 1 aromatic carbocycles. The number of nitrogen functional groups attached to an aromatic ring is 1. The van der Waals surface area contributed by atoms with Crippen molar-refractivity contribution >= 4 is 45.9 Å². The van der Waals surface area contributed by atoms with Crippen molar-refractivity contribution in [3.05, 3.63) is 48.2 Å². The van der Waals surface area contributed by atoms with E-state index in [2.05, 4.69) is 21.9 Å². The molecule has 2 amide bonds. The summed E-state index contributed by atoms with van der Waals surface area (Å²) >= 11 is 0. The summed E-state index contributed by atoms with van der Waals surface area (Å²) < 4.78 is 13.0. The van der Waals surface area contributed by atoms with Gasteiger partial charge >= 0.3 is 0 Å². The van der Waals surface area contributed by atoms with Crippen LogP contribution in [0.3, 0.4) is 0 Å². The van der Waals surface area contributed by atoms with Crippen molar-refractivity contribution in [1.29, 1.82) is 0 Å². The minimum Gasteiger partial charge on any atom is -0.398 e. The first kappa shape index (κ1) is 16.1. The van der Waals surface area contributed by atoms with Crippen LogP contribution in [0, 0.1) is 5.92 Å². The molecular weight excluding hydrogens is 335 g/mol. The summed E-state index contributed by atoms with van der Waals surface area (Å²) in [6, 6.07) is 5.25. The number of anilines is 2. The Morgan fingerprint density at radius 3 is 2.85 bits per heavy atom. The van der Waals surface area contributed by atoms with Crippen LogP contribution in [0.25, 0.3) is 16.3 Å². The number of hydrogen-bond acceptors (Lipinski definition) is 4. The number of carbonyl (C=O) groups excluding carboxylic acids is 2. The van der Waals surface area contributed by atoms with Crippen LogP contribution in [0.15, 0.2) is 47.6 Å². The van der Waals surface area contributed by atoms with Gasteiger partial charge in [-0.05, 0) is 46.7 Å². The van der Waals surface area contributed by atoms with E-state index in [9.17, 15) is 14.0 Å². The molecule has 0 saturated heterocycles. The number of pyridine rings is 1. The molecule has 1 aromatic heterocycles. The predicted molar refractivity (Wildman–Crippen MR) is 98.4 cm³/mol. The lowest BCUT2D eigenvalue weighted by Crippen LogP contribution is -2.15. The Hall–Kier alpha value is -3.35. The van der Waals surface area contributed by atoms with Gasteiger partial charge in [0, 0.05) is 29.6 Å². The van der Waals surface area contributed by atoms with Gasteiger partial charge in [0.25, 0.3) is 5.91 Å². The van der Waals surface area contributed by atoms with E-state index in [1.54, 1.807) is 18.3 Å². The average molecular weight is 350 g/mol. The van der Waals surface area contributed by atoms with Crippen LogP contribution in [0.5, 0.6) is 0 Å². The molecule has 1 aliphatic heterocycles. The summed E-state index contributed by atoms with van der Waals surface area (Å²) in [6.45, 7) is 3.89. The second-order valence-electron chi connectivity index (χ2n) is 6.38. The molecule has 130 valence electrons. The van der Waals surface area contributed by atoms with Gasteiger partial charge in [-0.15, -0.1) is 0 Å². The number of nitrogens with two attached hydrogens (primary N) is 1. The summed E-state index contributed by atoms with van der Waals surface area (Å²) in [5, 5.41) is 4.07. The lowest BCUT2D eigenvalue weighted by molar-refractivity contribution is -0.117. The lowest BCUT2D eigenvalue weighted by Gasteiger charge is -2.13. The van der Waals surface area contributed by atoms with E-state index in [-0.39, 0.29) is 18.2 Å². The molecule has 0 unspecified atom stereocenters. The molecule has 2 atom stereocenters. The molecule has 2 aliphatic rings. The van der Waals surface area contributed by atoms with E-state index >= 15 is 0 Å². The molecule has 2 heterocycles. The number of halogens is 1. The number of aliphatic imine (C=N–C) groups is 1. The van der Waals surface area contributed by atoms with E-state index in [0.717, 1.165) is 5.39 Å².